The van der Waals surface area contributed by atoms with Crippen molar-refractivity contribution in [3.8, 4) is 6.07 Å². The monoisotopic (exact) mass is 377 g/mol. The second-order valence-electron chi connectivity index (χ2n) is 6.25. The first-order valence-electron chi connectivity index (χ1n) is 8.74. The molecular formula is C17H23N5OS2. The molecule has 3 heterocycles. The van der Waals surface area contributed by atoms with Gasteiger partial charge in [0.15, 0.2) is 0 Å². The van der Waals surface area contributed by atoms with Crippen molar-refractivity contribution in [3.63, 3.8) is 0 Å². The maximum Gasteiger partial charge on any atom is 0.232 e. The molecule has 0 radical (unpaired) electrons. The van der Waals surface area contributed by atoms with Crippen molar-refractivity contribution in [2.75, 3.05) is 43.1 Å². The number of anilines is 1. The van der Waals surface area contributed by atoms with E-state index in [4.69, 9.17) is 0 Å². The van der Waals surface area contributed by atoms with E-state index in [2.05, 4.69) is 20.9 Å². The van der Waals surface area contributed by atoms with Gasteiger partial charge in [0, 0.05) is 26.2 Å². The summed E-state index contributed by atoms with van der Waals surface area (Å²) in [5.41, 5.74) is 0.493. The summed E-state index contributed by atoms with van der Waals surface area (Å²) in [5, 5.41) is 10.9. The Balaban J connectivity index is 1.79. The van der Waals surface area contributed by atoms with E-state index in [0.29, 0.717) is 27.3 Å². The van der Waals surface area contributed by atoms with E-state index in [1.807, 2.05) is 11.2 Å². The summed E-state index contributed by atoms with van der Waals surface area (Å²) < 4.78 is 0. The topological polar surface area (TPSA) is 73.1 Å². The van der Waals surface area contributed by atoms with Crippen LogP contribution in [-0.2, 0) is 4.79 Å². The van der Waals surface area contributed by atoms with Crippen LogP contribution in [0.4, 0.5) is 5.95 Å². The highest BCUT2D eigenvalue weighted by Gasteiger charge is 2.22. The van der Waals surface area contributed by atoms with E-state index in [1.54, 1.807) is 0 Å². The zero-order valence-electron chi connectivity index (χ0n) is 14.5. The van der Waals surface area contributed by atoms with Crippen LogP contribution >= 0.6 is 23.5 Å². The standard InChI is InChI=1S/C17H23N5OS2/c1-24-15-13(11-18)16(25-12-14(23)21-7-5-6-8-21)20-17(19-15)22-9-3-2-4-10-22/h2-10,12H2,1H3. The highest BCUT2D eigenvalue weighted by Crippen LogP contribution is 2.30. The van der Waals surface area contributed by atoms with Gasteiger partial charge in [0.2, 0.25) is 11.9 Å². The predicted octanol–water partition coefficient (Wildman–Crippen LogP) is 2.77. The number of thioether (sulfide) groups is 2. The first kappa shape index (κ1) is 18.3. The van der Waals surface area contributed by atoms with Crippen molar-refractivity contribution >= 4 is 35.4 Å². The van der Waals surface area contributed by atoms with Gasteiger partial charge in [0.25, 0.3) is 0 Å². The molecule has 134 valence electrons. The zero-order chi connectivity index (χ0) is 17.6. The number of hydrogen-bond donors (Lipinski definition) is 0. The lowest BCUT2D eigenvalue weighted by molar-refractivity contribution is -0.127. The fourth-order valence-corrected chi connectivity index (χ4v) is 4.64. The molecule has 0 saturated carbocycles. The molecule has 6 nitrogen and oxygen atoms in total. The molecule has 0 aliphatic carbocycles. The summed E-state index contributed by atoms with van der Waals surface area (Å²) in [6.45, 7) is 3.61. The molecule has 2 aliphatic rings. The normalized spacial score (nSPS) is 17.6. The molecule has 0 atom stereocenters. The van der Waals surface area contributed by atoms with Crippen LogP contribution in [0.1, 0.15) is 37.7 Å². The third-order valence-electron chi connectivity index (χ3n) is 4.57. The Bertz CT molecular complexity index is 664. The third kappa shape index (κ3) is 4.39. The van der Waals surface area contributed by atoms with E-state index in [-0.39, 0.29) is 5.91 Å². The van der Waals surface area contributed by atoms with Crippen molar-refractivity contribution < 1.29 is 4.79 Å². The number of amides is 1. The van der Waals surface area contributed by atoms with Gasteiger partial charge in [-0.3, -0.25) is 4.79 Å². The second kappa shape index (κ2) is 8.77. The minimum atomic E-state index is 0.134. The molecule has 0 spiro atoms. The predicted molar refractivity (Wildman–Crippen MR) is 101 cm³/mol. The quantitative estimate of drug-likeness (QED) is 0.577. The van der Waals surface area contributed by atoms with Crippen molar-refractivity contribution in [1.82, 2.24) is 14.9 Å². The fraction of sp³-hybridized carbons (Fsp3) is 0.647. The van der Waals surface area contributed by atoms with E-state index in [1.165, 1.54) is 29.9 Å². The number of carbonyl (C=O) groups is 1. The second-order valence-corrected chi connectivity index (χ2v) is 8.01. The highest BCUT2D eigenvalue weighted by atomic mass is 32.2. The average Bonchev–Trinajstić information content (AvgIpc) is 3.20. The molecule has 2 aliphatic heterocycles. The van der Waals surface area contributed by atoms with E-state index < -0.39 is 0 Å². The molecular weight excluding hydrogens is 354 g/mol. The number of carbonyl (C=O) groups excluding carboxylic acids is 1. The number of piperidine rings is 1. The van der Waals surface area contributed by atoms with Gasteiger partial charge in [-0.2, -0.15) is 5.26 Å². The molecule has 1 amide bonds. The molecule has 3 rings (SSSR count). The number of nitriles is 1. The van der Waals surface area contributed by atoms with Gasteiger partial charge < -0.3 is 9.80 Å². The number of hydrogen-bond acceptors (Lipinski definition) is 7. The van der Waals surface area contributed by atoms with Crippen LogP contribution in [0.2, 0.25) is 0 Å². The van der Waals surface area contributed by atoms with E-state index in [0.717, 1.165) is 51.9 Å². The van der Waals surface area contributed by atoms with Crippen LogP contribution in [0.15, 0.2) is 10.1 Å². The lowest BCUT2D eigenvalue weighted by Gasteiger charge is -2.27. The zero-order valence-corrected chi connectivity index (χ0v) is 16.2. The summed E-state index contributed by atoms with van der Waals surface area (Å²) in [4.78, 5) is 25.7. The summed E-state index contributed by atoms with van der Waals surface area (Å²) in [5.74, 6) is 1.16. The molecule has 1 aromatic rings. The Morgan fingerprint density at radius 1 is 1.08 bits per heavy atom. The van der Waals surface area contributed by atoms with Gasteiger partial charge in [-0.25, -0.2) is 9.97 Å². The molecule has 0 N–H and O–H groups in total. The largest absolute Gasteiger partial charge is 0.342 e. The van der Waals surface area contributed by atoms with Gasteiger partial charge in [-0.05, 0) is 38.4 Å². The smallest absolute Gasteiger partial charge is 0.232 e. The minimum absolute atomic E-state index is 0.134. The Hall–Kier alpha value is -1.46. The van der Waals surface area contributed by atoms with Crippen molar-refractivity contribution in [2.24, 2.45) is 0 Å². The molecule has 0 aromatic carbocycles. The average molecular weight is 378 g/mol. The Kier molecular flexibility index (Phi) is 6.43. The SMILES string of the molecule is CSc1nc(N2CCCCC2)nc(SCC(=O)N2CCCC2)c1C#N. The van der Waals surface area contributed by atoms with Gasteiger partial charge in [0.1, 0.15) is 21.7 Å². The fourth-order valence-electron chi connectivity index (χ4n) is 3.18. The number of likely N-dealkylation sites (tertiary alicyclic amines) is 1. The number of nitrogens with zero attached hydrogens (tertiary/aromatic N) is 5. The van der Waals surface area contributed by atoms with Crippen LogP contribution < -0.4 is 4.90 Å². The Morgan fingerprint density at radius 2 is 1.72 bits per heavy atom. The van der Waals surface area contributed by atoms with Crippen molar-refractivity contribution in [3.05, 3.63) is 5.56 Å². The highest BCUT2D eigenvalue weighted by molar-refractivity contribution is 8.00. The molecule has 1 aromatic heterocycles. The summed E-state index contributed by atoms with van der Waals surface area (Å²) >= 11 is 2.83. The molecule has 0 bridgehead atoms. The van der Waals surface area contributed by atoms with Crippen molar-refractivity contribution in [1.29, 1.82) is 5.26 Å². The first-order valence-corrected chi connectivity index (χ1v) is 11.0. The lowest BCUT2D eigenvalue weighted by atomic mass is 10.1. The minimum Gasteiger partial charge on any atom is -0.342 e. The van der Waals surface area contributed by atoms with Gasteiger partial charge in [-0.1, -0.05) is 11.8 Å². The van der Waals surface area contributed by atoms with Crippen LogP contribution in [0.5, 0.6) is 0 Å². The molecule has 25 heavy (non-hydrogen) atoms. The summed E-state index contributed by atoms with van der Waals surface area (Å²) in [6.07, 6.45) is 7.63. The van der Waals surface area contributed by atoms with Crippen LogP contribution in [0, 0.1) is 11.3 Å². The Morgan fingerprint density at radius 3 is 2.36 bits per heavy atom. The number of rotatable bonds is 5. The maximum absolute atomic E-state index is 12.3. The van der Waals surface area contributed by atoms with Crippen LogP contribution in [0.25, 0.3) is 0 Å². The van der Waals surface area contributed by atoms with Crippen LogP contribution in [-0.4, -0.2) is 59.0 Å². The molecule has 0 unspecified atom stereocenters. The van der Waals surface area contributed by atoms with E-state index in [9.17, 15) is 10.1 Å². The van der Waals surface area contributed by atoms with Gasteiger partial charge in [-0.15, -0.1) is 11.8 Å². The number of aromatic nitrogens is 2. The summed E-state index contributed by atoms with van der Waals surface area (Å²) in [6, 6.07) is 2.23. The first-order chi connectivity index (χ1) is 12.2. The molecule has 2 saturated heterocycles. The van der Waals surface area contributed by atoms with Gasteiger partial charge >= 0.3 is 0 Å². The van der Waals surface area contributed by atoms with Crippen molar-refractivity contribution in [2.45, 2.75) is 42.2 Å². The maximum atomic E-state index is 12.3. The summed E-state index contributed by atoms with van der Waals surface area (Å²) in [7, 11) is 0. The van der Waals surface area contributed by atoms with Gasteiger partial charge in [0.05, 0.1) is 5.75 Å². The lowest BCUT2D eigenvalue weighted by Crippen LogP contribution is -2.31. The van der Waals surface area contributed by atoms with Crippen LogP contribution in [0.3, 0.4) is 0 Å². The Labute approximate surface area is 157 Å². The van der Waals surface area contributed by atoms with E-state index >= 15 is 0 Å². The third-order valence-corrected chi connectivity index (χ3v) is 6.21. The molecule has 2 fully saturated rings. The molecule has 8 heteroatoms.